The van der Waals surface area contributed by atoms with Crippen LogP contribution in [0.25, 0.3) is 11.4 Å². The number of piperidine rings is 1. The summed E-state index contributed by atoms with van der Waals surface area (Å²) in [7, 11) is 0. The first-order valence-corrected chi connectivity index (χ1v) is 10.7. The number of hydrogen-bond donors (Lipinski definition) is 1. The van der Waals surface area contributed by atoms with Gasteiger partial charge in [-0.15, -0.1) is 0 Å². The van der Waals surface area contributed by atoms with Gasteiger partial charge in [0.05, 0.1) is 11.6 Å². The number of anilines is 1. The first-order chi connectivity index (χ1) is 14.6. The van der Waals surface area contributed by atoms with Crippen molar-refractivity contribution in [2.24, 2.45) is 5.92 Å². The molecule has 0 atom stereocenters. The summed E-state index contributed by atoms with van der Waals surface area (Å²) in [5, 5.41) is 7.77. The zero-order valence-corrected chi connectivity index (χ0v) is 17.7. The molecule has 1 N–H and O–H groups in total. The third-order valence-corrected chi connectivity index (χ3v) is 5.89. The first-order valence-electron chi connectivity index (χ1n) is 10.3. The lowest BCUT2D eigenvalue weighted by Crippen LogP contribution is -2.37. The molecular weight excluding hydrogens is 400 g/mol. The Hall–Kier alpha value is -2.70. The van der Waals surface area contributed by atoms with E-state index in [4.69, 9.17) is 16.1 Å². The Morgan fingerprint density at radius 3 is 2.67 bits per heavy atom. The molecule has 1 saturated heterocycles. The molecule has 0 radical (unpaired) electrons. The molecule has 1 amide bonds. The third-order valence-electron chi connectivity index (χ3n) is 5.56. The van der Waals surface area contributed by atoms with E-state index in [-0.39, 0.29) is 11.8 Å². The van der Waals surface area contributed by atoms with Crippen molar-refractivity contribution in [1.82, 2.24) is 15.0 Å². The Morgan fingerprint density at radius 2 is 1.90 bits per heavy atom. The van der Waals surface area contributed by atoms with Gasteiger partial charge < -0.3 is 9.84 Å². The summed E-state index contributed by atoms with van der Waals surface area (Å²) in [5.41, 5.74) is 2.84. The molecule has 0 spiro atoms. The molecule has 2 heterocycles. The lowest BCUT2D eigenvalue weighted by Gasteiger charge is -2.30. The van der Waals surface area contributed by atoms with Crippen LogP contribution in [0.2, 0.25) is 5.02 Å². The van der Waals surface area contributed by atoms with Crippen LogP contribution in [0, 0.1) is 5.92 Å². The molecule has 1 aliphatic rings. The molecule has 1 aromatic heterocycles. The summed E-state index contributed by atoms with van der Waals surface area (Å²) >= 11 is 6.21. The van der Waals surface area contributed by atoms with E-state index in [1.54, 1.807) is 0 Å². The monoisotopic (exact) mass is 424 g/mol. The Balaban J connectivity index is 1.31. The molecule has 3 aromatic rings. The number of aromatic nitrogens is 2. The van der Waals surface area contributed by atoms with Gasteiger partial charge in [-0.3, -0.25) is 9.69 Å². The van der Waals surface area contributed by atoms with Gasteiger partial charge in [0, 0.05) is 17.2 Å². The maximum atomic E-state index is 12.7. The average molecular weight is 425 g/mol. The fourth-order valence-corrected chi connectivity index (χ4v) is 4.02. The summed E-state index contributed by atoms with van der Waals surface area (Å²) in [5.74, 6) is 1.19. The molecule has 6 nitrogen and oxygen atoms in total. The quantitative estimate of drug-likeness (QED) is 0.615. The highest BCUT2D eigenvalue weighted by Gasteiger charge is 2.26. The summed E-state index contributed by atoms with van der Waals surface area (Å²) in [6, 6.07) is 15.4. The lowest BCUT2D eigenvalue weighted by molar-refractivity contribution is -0.121. The van der Waals surface area contributed by atoms with Crippen molar-refractivity contribution in [2.45, 2.75) is 32.7 Å². The van der Waals surface area contributed by atoms with Crippen molar-refractivity contribution < 1.29 is 9.32 Å². The molecule has 30 heavy (non-hydrogen) atoms. The highest BCUT2D eigenvalue weighted by Crippen LogP contribution is 2.26. The van der Waals surface area contributed by atoms with Gasteiger partial charge in [-0.05, 0) is 56.1 Å². The molecule has 156 valence electrons. The average Bonchev–Trinajstić information content (AvgIpc) is 3.23. The minimum atomic E-state index is 0.0209. The van der Waals surface area contributed by atoms with Crippen molar-refractivity contribution in [3.63, 3.8) is 0 Å². The van der Waals surface area contributed by atoms with Crippen molar-refractivity contribution in [3.8, 4) is 11.4 Å². The van der Waals surface area contributed by atoms with Gasteiger partial charge in [0.25, 0.3) is 0 Å². The van der Waals surface area contributed by atoms with E-state index in [0.29, 0.717) is 23.3 Å². The Kier molecular flexibility index (Phi) is 6.45. The van der Waals surface area contributed by atoms with Crippen LogP contribution in [-0.4, -0.2) is 34.0 Å². The maximum Gasteiger partial charge on any atom is 0.241 e. The lowest BCUT2D eigenvalue weighted by atomic mass is 9.95. The molecule has 0 bridgehead atoms. The standard InChI is InChI=1S/C23H25ClN4O2/c1-2-16-7-3-6-10-20(16)25-23(29)17-11-13-28(14-12-17)15-21-26-22(27-30-21)18-8-4-5-9-19(18)24/h3-10,17H,2,11-15H2,1H3,(H,25,29). The predicted octanol–water partition coefficient (Wildman–Crippen LogP) is 4.80. The van der Waals surface area contributed by atoms with E-state index < -0.39 is 0 Å². The summed E-state index contributed by atoms with van der Waals surface area (Å²) < 4.78 is 5.41. The van der Waals surface area contributed by atoms with Crippen molar-refractivity contribution in [1.29, 1.82) is 0 Å². The van der Waals surface area contributed by atoms with E-state index in [2.05, 4.69) is 33.3 Å². The molecular formula is C23H25ClN4O2. The number of hydrogen-bond acceptors (Lipinski definition) is 5. The van der Waals surface area contributed by atoms with Crippen molar-refractivity contribution in [2.75, 3.05) is 18.4 Å². The number of carbonyl (C=O) groups is 1. The van der Waals surface area contributed by atoms with Crippen LogP contribution >= 0.6 is 11.6 Å². The van der Waals surface area contributed by atoms with Gasteiger partial charge in [0.1, 0.15) is 0 Å². The van der Waals surface area contributed by atoms with E-state index in [0.717, 1.165) is 49.2 Å². The molecule has 0 aliphatic carbocycles. The summed E-state index contributed by atoms with van der Waals surface area (Å²) in [6.07, 6.45) is 2.52. The van der Waals surface area contributed by atoms with E-state index in [1.807, 2.05) is 42.5 Å². The zero-order chi connectivity index (χ0) is 20.9. The first kappa shape index (κ1) is 20.6. The normalized spacial score (nSPS) is 15.3. The number of para-hydroxylation sites is 1. The molecule has 0 saturated carbocycles. The highest BCUT2D eigenvalue weighted by atomic mass is 35.5. The van der Waals surface area contributed by atoms with Crippen molar-refractivity contribution in [3.05, 3.63) is 65.0 Å². The summed E-state index contributed by atoms with van der Waals surface area (Å²) in [6.45, 7) is 4.30. The molecule has 2 aromatic carbocycles. The van der Waals surface area contributed by atoms with Crippen LogP contribution in [0.4, 0.5) is 5.69 Å². The van der Waals surface area contributed by atoms with Gasteiger partial charge in [-0.2, -0.15) is 4.98 Å². The molecule has 7 heteroatoms. The number of aryl methyl sites for hydroxylation is 1. The predicted molar refractivity (Wildman–Crippen MR) is 117 cm³/mol. The second kappa shape index (κ2) is 9.41. The van der Waals surface area contributed by atoms with Gasteiger partial charge in [0.2, 0.25) is 17.6 Å². The second-order valence-electron chi connectivity index (χ2n) is 7.54. The Labute approximate surface area is 181 Å². The largest absolute Gasteiger partial charge is 0.338 e. The van der Waals surface area contributed by atoms with Crippen LogP contribution in [0.1, 0.15) is 31.2 Å². The van der Waals surface area contributed by atoms with Gasteiger partial charge in [-0.25, -0.2) is 0 Å². The van der Waals surface area contributed by atoms with Gasteiger partial charge >= 0.3 is 0 Å². The second-order valence-corrected chi connectivity index (χ2v) is 7.95. The third kappa shape index (κ3) is 4.71. The Morgan fingerprint density at radius 1 is 1.17 bits per heavy atom. The smallest absolute Gasteiger partial charge is 0.241 e. The molecule has 1 fully saturated rings. The Bertz CT molecular complexity index is 1010. The SMILES string of the molecule is CCc1ccccc1NC(=O)C1CCN(Cc2nc(-c3ccccc3Cl)no2)CC1. The minimum absolute atomic E-state index is 0.0209. The van der Waals surface area contributed by atoms with Crippen LogP contribution in [0.3, 0.4) is 0 Å². The molecule has 0 unspecified atom stereocenters. The fourth-order valence-electron chi connectivity index (χ4n) is 3.80. The molecule has 1 aliphatic heterocycles. The van der Waals surface area contributed by atoms with Crippen LogP contribution in [0.5, 0.6) is 0 Å². The number of benzene rings is 2. The minimum Gasteiger partial charge on any atom is -0.338 e. The van der Waals surface area contributed by atoms with E-state index >= 15 is 0 Å². The number of likely N-dealkylation sites (tertiary alicyclic amines) is 1. The number of carbonyl (C=O) groups excluding carboxylic acids is 1. The van der Waals surface area contributed by atoms with E-state index in [1.165, 1.54) is 0 Å². The number of nitrogens with zero attached hydrogens (tertiary/aromatic N) is 3. The number of rotatable bonds is 6. The zero-order valence-electron chi connectivity index (χ0n) is 17.0. The topological polar surface area (TPSA) is 71.3 Å². The van der Waals surface area contributed by atoms with Crippen LogP contribution in [-0.2, 0) is 17.8 Å². The fraction of sp³-hybridized carbons (Fsp3) is 0.348. The van der Waals surface area contributed by atoms with Gasteiger partial charge in [-0.1, -0.05) is 54.0 Å². The van der Waals surface area contributed by atoms with Crippen molar-refractivity contribution >= 4 is 23.2 Å². The van der Waals surface area contributed by atoms with Crippen LogP contribution in [0.15, 0.2) is 53.1 Å². The number of amides is 1. The molecule has 4 rings (SSSR count). The van der Waals surface area contributed by atoms with Crippen LogP contribution < -0.4 is 5.32 Å². The number of halogens is 1. The van der Waals surface area contributed by atoms with Gasteiger partial charge in [0.15, 0.2) is 0 Å². The summed E-state index contributed by atoms with van der Waals surface area (Å²) in [4.78, 5) is 19.4. The highest BCUT2D eigenvalue weighted by molar-refractivity contribution is 6.33. The number of nitrogens with one attached hydrogen (secondary N) is 1. The van der Waals surface area contributed by atoms with E-state index in [9.17, 15) is 4.79 Å². The maximum absolute atomic E-state index is 12.7.